The van der Waals surface area contributed by atoms with Crippen LogP contribution in [0.15, 0.2) is 24.3 Å². The lowest BCUT2D eigenvalue weighted by Gasteiger charge is -2.34. The Morgan fingerprint density at radius 3 is 2.44 bits per heavy atom. The fraction of sp³-hybridized carbons (Fsp3) is 0.619. The first kappa shape index (κ1) is 22.2. The van der Waals surface area contributed by atoms with Gasteiger partial charge in [-0.1, -0.05) is 18.5 Å². The van der Waals surface area contributed by atoms with Crippen molar-refractivity contribution in [1.29, 1.82) is 0 Å². The summed E-state index contributed by atoms with van der Waals surface area (Å²) in [5.41, 5.74) is 0.720. The van der Waals surface area contributed by atoms with Crippen molar-refractivity contribution < 1.29 is 9.59 Å². The van der Waals surface area contributed by atoms with Crippen LogP contribution in [0.5, 0.6) is 0 Å². The number of rotatable bonds is 5. The van der Waals surface area contributed by atoms with Crippen LogP contribution in [-0.4, -0.2) is 42.8 Å². The number of benzene rings is 1. The molecule has 27 heavy (non-hydrogen) atoms. The van der Waals surface area contributed by atoms with Crippen LogP contribution in [0.2, 0.25) is 5.02 Å². The highest BCUT2D eigenvalue weighted by molar-refractivity contribution is 6.30. The monoisotopic (exact) mass is 412 g/mol. The van der Waals surface area contributed by atoms with Crippen LogP contribution in [0.1, 0.15) is 49.4 Å². The number of nitrogens with zero attached hydrogens (tertiary/aromatic N) is 1. The maximum Gasteiger partial charge on any atom is 0.222 e. The smallest absolute Gasteiger partial charge is 0.222 e. The van der Waals surface area contributed by atoms with Crippen molar-refractivity contribution in [3.8, 4) is 0 Å². The lowest BCUT2D eigenvalue weighted by molar-refractivity contribution is -0.133. The number of hydrogen-bond donors (Lipinski definition) is 1. The second-order valence-electron chi connectivity index (χ2n) is 7.81. The molecular weight excluding hydrogens is 383 g/mol. The van der Waals surface area contributed by atoms with E-state index >= 15 is 0 Å². The number of hydrogen-bond acceptors (Lipinski definition) is 3. The molecule has 0 spiro atoms. The predicted octanol–water partition coefficient (Wildman–Crippen LogP) is 4.21. The lowest BCUT2D eigenvalue weighted by atomic mass is 9.84. The van der Waals surface area contributed by atoms with E-state index in [9.17, 15) is 9.59 Å². The third kappa shape index (κ3) is 5.94. The van der Waals surface area contributed by atoms with Gasteiger partial charge in [0.2, 0.25) is 5.91 Å². The van der Waals surface area contributed by atoms with Gasteiger partial charge in [0.25, 0.3) is 0 Å². The molecule has 2 fully saturated rings. The number of likely N-dealkylation sites (tertiary alicyclic amines) is 1. The molecule has 2 aliphatic heterocycles. The molecule has 2 heterocycles. The molecule has 0 radical (unpaired) electrons. The predicted molar refractivity (Wildman–Crippen MR) is 112 cm³/mol. The Balaban J connectivity index is 0.00000261. The van der Waals surface area contributed by atoms with Gasteiger partial charge in [0.15, 0.2) is 5.78 Å². The average Bonchev–Trinajstić information content (AvgIpc) is 2.69. The molecule has 1 amide bonds. The summed E-state index contributed by atoms with van der Waals surface area (Å²) >= 11 is 5.89. The first-order valence-electron chi connectivity index (χ1n) is 9.83. The molecule has 3 rings (SSSR count). The Bertz CT molecular complexity index is 622. The zero-order valence-corrected chi connectivity index (χ0v) is 17.5. The van der Waals surface area contributed by atoms with E-state index in [1.165, 1.54) is 12.8 Å². The second-order valence-corrected chi connectivity index (χ2v) is 8.25. The minimum absolute atomic E-state index is 0. The number of carbonyl (C=O) groups is 2. The van der Waals surface area contributed by atoms with Crippen molar-refractivity contribution in [2.45, 2.75) is 39.0 Å². The van der Waals surface area contributed by atoms with Crippen LogP contribution < -0.4 is 5.32 Å². The van der Waals surface area contributed by atoms with Crippen molar-refractivity contribution in [3.05, 3.63) is 34.9 Å². The Morgan fingerprint density at radius 1 is 1.19 bits per heavy atom. The number of ketones is 1. The summed E-state index contributed by atoms with van der Waals surface area (Å²) in [6, 6.07) is 7.11. The largest absolute Gasteiger partial charge is 0.343 e. The molecule has 2 atom stereocenters. The van der Waals surface area contributed by atoms with Crippen LogP contribution in [0.25, 0.3) is 0 Å². The Morgan fingerprint density at radius 2 is 1.85 bits per heavy atom. The zero-order chi connectivity index (χ0) is 18.5. The van der Waals surface area contributed by atoms with E-state index in [1.807, 2.05) is 4.90 Å². The first-order valence-corrected chi connectivity index (χ1v) is 10.2. The van der Waals surface area contributed by atoms with Crippen molar-refractivity contribution >= 4 is 35.7 Å². The molecule has 6 heteroatoms. The third-order valence-corrected chi connectivity index (χ3v) is 6.24. The molecule has 2 saturated heterocycles. The number of piperidine rings is 2. The summed E-state index contributed by atoms with van der Waals surface area (Å²) in [7, 11) is 0. The summed E-state index contributed by atoms with van der Waals surface area (Å²) in [5.74, 6) is 1.47. The average molecular weight is 413 g/mol. The molecule has 2 aliphatic rings. The molecule has 0 saturated carbocycles. The highest BCUT2D eigenvalue weighted by atomic mass is 35.5. The van der Waals surface area contributed by atoms with Gasteiger partial charge in [-0.15, -0.1) is 12.4 Å². The van der Waals surface area contributed by atoms with Gasteiger partial charge in [-0.25, -0.2) is 0 Å². The number of halogens is 2. The van der Waals surface area contributed by atoms with Crippen LogP contribution >= 0.6 is 24.0 Å². The van der Waals surface area contributed by atoms with E-state index < -0.39 is 0 Å². The molecule has 1 aromatic rings. The minimum atomic E-state index is 0. The maximum absolute atomic E-state index is 12.6. The van der Waals surface area contributed by atoms with Crippen LogP contribution in [0.4, 0.5) is 0 Å². The summed E-state index contributed by atoms with van der Waals surface area (Å²) in [4.78, 5) is 27.2. The standard InChI is InChI=1S/C21H29ClN2O2.ClH/c1-15(18-3-2-10-23-14-18)13-20(25)24-11-8-17(9-12-24)21(26)16-4-6-19(22)7-5-16;/h4-7,15,17-18,23H,2-3,8-14H2,1H3;1H. The maximum atomic E-state index is 12.6. The van der Waals surface area contributed by atoms with E-state index in [0.29, 0.717) is 36.4 Å². The van der Waals surface area contributed by atoms with Gasteiger partial charge >= 0.3 is 0 Å². The Labute approximate surface area is 173 Å². The summed E-state index contributed by atoms with van der Waals surface area (Å²) < 4.78 is 0. The highest BCUT2D eigenvalue weighted by Gasteiger charge is 2.29. The van der Waals surface area contributed by atoms with E-state index in [-0.39, 0.29) is 30.0 Å². The van der Waals surface area contributed by atoms with Gasteiger partial charge in [0.05, 0.1) is 0 Å². The van der Waals surface area contributed by atoms with Crippen molar-refractivity contribution in [3.63, 3.8) is 0 Å². The molecule has 4 nitrogen and oxygen atoms in total. The minimum Gasteiger partial charge on any atom is -0.343 e. The molecule has 150 valence electrons. The fourth-order valence-corrected chi connectivity index (χ4v) is 4.30. The van der Waals surface area contributed by atoms with Crippen LogP contribution in [-0.2, 0) is 4.79 Å². The van der Waals surface area contributed by atoms with Gasteiger partial charge in [-0.2, -0.15) is 0 Å². The van der Waals surface area contributed by atoms with Gasteiger partial charge in [-0.3, -0.25) is 9.59 Å². The third-order valence-electron chi connectivity index (χ3n) is 5.98. The number of carbonyl (C=O) groups excluding carboxylic acids is 2. The molecule has 1 aromatic carbocycles. The van der Waals surface area contributed by atoms with Gasteiger partial charge < -0.3 is 10.2 Å². The topological polar surface area (TPSA) is 49.4 Å². The van der Waals surface area contributed by atoms with E-state index in [1.54, 1.807) is 24.3 Å². The summed E-state index contributed by atoms with van der Waals surface area (Å²) in [6.07, 6.45) is 4.57. The SMILES string of the molecule is CC(CC(=O)N1CCC(C(=O)c2ccc(Cl)cc2)CC1)C1CCCNC1.Cl. The van der Waals surface area contributed by atoms with Gasteiger partial charge in [-0.05, 0) is 74.9 Å². The van der Waals surface area contributed by atoms with Crippen molar-refractivity contribution in [1.82, 2.24) is 10.2 Å². The summed E-state index contributed by atoms with van der Waals surface area (Å²) in [5, 5.41) is 4.08. The lowest BCUT2D eigenvalue weighted by Crippen LogP contribution is -2.42. The van der Waals surface area contributed by atoms with E-state index in [0.717, 1.165) is 31.5 Å². The summed E-state index contributed by atoms with van der Waals surface area (Å²) in [6.45, 7) is 5.72. The van der Waals surface area contributed by atoms with Crippen LogP contribution in [0.3, 0.4) is 0 Å². The highest BCUT2D eigenvalue weighted by Crippen LogP contribution is 2.26. The second kappa shape index (κ2) is 10.4. The van der Waals surface area contributed by atoms with E-state index in [2.05, 4.69) is 12.2 Å². The quantitative estimate of drug-likeness (QED) is 0.736. The zero-order valence-electron chi connectivity index (χ0n) is 16.0. The molecular formula is C21H30Cl2N2O2. The fourth-order valence-electron chi connectivity index (χ4n) is 4.18. The molecule has 0 aliphatic carbocycles. The molecule has 1 N–H and O–H groups in total. The molecule has 0 aromatic heterocycles. The van der Waals surface area contributed by atoms with Crippen molar-refractivity contribution in [2.24, 2.45) is 17.8 Å². The van der Waals surface area contributed by atoms with Gasteiger partial charge in [0, 0.05) is 36.0 Å². The Hall–Kier alpha value is -1.10. The van der Waals surface area contributed by atoms with Gasteiger partial charge in [0.1, 0.15) is 0 Å². The number of Topliss-reactive ketones (excluding diaryl/α,β-unsaturated/α-hetero) is 1. The number of nitrogens with one attached hydrogen (secondary N) is 1. The molecule has 0 bridgehead atoms. The van der Waals surface area contributed by atoms with Crippen molar-refractivity contribution in [2.75, 3.05) is 26.2 Å². The normalized spacial score (nSPS) is 22.0. The molecule has 2 unspecified atom stereocenters. The Kier molecular flexibility index (Phi) is 8.59. The van der Waals surface area contributed by atoms with E-state index in [4.69, 9.17) is 11.6 Å². The first-order chi connectivity index (χ1) is 12.5. The van der Waals surface area contributed by atoms with Crippen LogP contribution in [0, 0.1) is 17.8 Å². The number of amides is 1.